The van der Waals surface area contributed by atoms with Crippen LogP contribution in [-0.2, 0) is 9.53 Å². The van der Waals surface area contributed by atoms with E-state index in [0.717, 1.165) is 0 Å². The van der Waals surface area contributed by atoms with E-state index < -0.39 is 12.2 Å². The van der Waals surface area contributed by atoms with Crippen LogP contribution in [0.1, 0.15) is 29.1 Å². The molecule has 0 saturated heterocycles. The topological polar surface area (TPSA) is 83.1 Å². The van der Waals surface area contributed by atoms with Crippen molar-refractivity contribution >= 4 is 11.9 Å². The van der Waals surface area contributed by atoms with Crippen LogP contribution in [0.5, 0.6) is 17.2 Å². The van der Waals surface area contributed by atoms with Gasteiger partial charge in [0.05, 0.1) is 19.3 Å². The van der Waals surface area contributed by atoms with Crippen LogP contribution in [0.4, 0.5) is 0 Å². The number of methoxy groups -OCH3 is 1. The lowest BCUT2D eigenvalue weighted by atomic mass is 10.1. The number of hydrogen-bond acceptors (Lipinski definition) is 6. The third kappa shape index (κ3) is 3.72. The number of para-hydroxylation sites is 1. The lowest BCUT2D eigenvalue weighted by Crippen LogP contribution is -2.36. The SMILES string of the molecule is CCOc1cc([C@H]2NC(=O)c3ccccc3O2)ccc1OCC(=O)OC. The van der Waals surface area contributed by atoms with Gasteiger partial charge in [-0.3, -0.25) is 4.79 Å². The quantitative estimate of drug-likeness (QED) is 0.800. The van der Waals surface area contributed by atoms with Crippen LogP contribution < -0.4 is 19.5 Å². The first-order chi connectivity index (χ1) is 12.6. The summed E-state index contributed by atoms with van der Waals surface area (Å²) in [4.78, 5) is 23.5. The summed E-state index contributed by atoms with van der Waals surface area (Å²) < 4.78 is 21.5. The maximum Gasteiger partial charge on any atom is 0.343 e. The minimum atomic E-state index is -0.647. The molecular formula is C19H19NO6. The zero-order chi connectivity index (χ0) is 18.5. The molecule has 0 aliphatic carbocycles. The van der Waals surface area contributed by atoms with Gasteiger partial charge in [-0.05, 0) is 37.3 Å². The van der Waals surface area contributed by atoms with Crippen molar-refractivity contribution in [2.45, 2.75) is 13.2 Å². The molecule has 0 fully saturated rings. The average molecular weight is 357 g/mol. The lowest BCUT2D eigenvalue weighted by Gasteiger charge is -2.27. The Hall–Kier alpha value is -3.22. The molecule has 2 aromatic rings. The average Bonchev–Trinajstić information content (AvgIpc) is 2.67. The van der Waals surface area contributed by atoms with Crippen LogP contribution in [0.15, 0.2) is 42.5 Å². The number of esters is 1. The van der Waals surface area contributed by atoms with Gasteiger partial charge in [0.15, 0.2) is 24.3 Å². The number of amides is 1. The summed E-state index contributed by atoms with van der Waals surface area (Å²) in [5.41, 5.74) is 1.19. The second-order valence-electron chi connectivity index (χ2n) is 5.47. The Morgan fingerprint density at radius 2 is 1.96 bits per heavy atom. The summed E-state index contributed by atoms with van der Waals surface area (Å²) in [6.45, 7) is 2.03. The highest BCUT2D eigenvalue weighted by Crippen LogP contribution is 2.34. The Morgan fingerprint density at radius 3 is 2.73 bits per heavy atom. The molecule has 2 aromatic carbocycles. The highest BCUT2D eigenvalue weighted by Gasteiger charge is 2.27. The van der Waals surface area contributed by atoms with Gasteiger partial charge in [0, 0.05) is 5.56 Å². The molecule has 3 rings (SSSR count). The molecule has 1 amide bonds. The number of fused-ring (bicyclic) bond motifs is 1. The van der Waals surface area contributed by atoms with E-state index in [-0.39, 0.29) is 12.5 Å². The summed E-state index contributed by atoms with van der Waals surface area (Å²) in [7, 11) is 1.29. The van der Waals surface area contributed by atoms with E-state index in [0.29, 0.717) is 35.0 Å². The Morgan fingerprint density at radius 1 is 1.15 bits per heavy atom. The highest BCUT2D eigenvalue weighted by molar-refractivity contribution is 5.98. The van der Waals surface area contributed by atoms with Gasteiger partial charge in [-0.15, -0.1) is 0 Å². The van der Waals surface area contributed by atoms with Crippen LogP contribution in [0.25, 0.3) is 0 Å². The summed E-state index contributed by atoms with van der Waals surface area (Å²) in [6.07, 6.45) is -0.647. The molecule has 136 valence electrons. The fraction of sp³-hybridized carbons (Fsp3) is 0.263. The number of carbonyl (C=O) groups is 2. The van der Waals surface area contributed by atoms with Gasteiger partial charge >= 0.3 is 5.97 Å². The number of nitrogens with one attached hydrogen (secondary N) is 1. The molecule has 1 aliphatic rings. The predicted octanol–water partition coefficient (Wildman–Crippen LogP) is 2.46. The van der Waals surface area contributed by atoms with Crippen molar-refractivity contribution in [3.05, 3.63) is 53.6 Å². The molecule has 26 heavy (non-hydrogen) atoms. The molecule has 7 heteroatoms. The molecule has 0 spiro atoms. The summed E-state index contributed by atoms with van der Waals surface area (Å²) in [5.74, 6) is 0.677. The second-order valence-corrected chi connectivity index (χ2v) is 5.47. The monoisotopic (exact) mass is 357 g/mol. The molecule has 7 nitrogen and oxygen atoms in total. The molecule has 0 unspecified atom stereocenters. The maximum absolute atomic E-state index is 12.3. The summed E-state index contributed by atoms with van der Waals surface area (Å²) >= 11 is 0. The number of ether oxygens (including phenoxy) is 4. The Kier molecular flexibility index (Phi) is 5.26. The number of carbonyl (C=O) groups excluding carboxylic acids is 2. The van der Waals surface area contributed by atoms with Crippen molar-refractivity contribution in [1.29, 1.82) is 0 Å². The smallest absolute Gasteiger partial charge is 0.343 e. The Balaban J connectivity index is 1.83. The normalized spacial score (nSPS) is 15.3. The van der Waals surface area contributed by atoms with E-state index in [1.807, 2.05) is 13.0 Å². The van der Waals surface area contributed by atoms with Crippen LogP contribution in [0, 0.1) is 0 Å². The van der Waals surface area contributed by atoms with Gasteiger partial charge in [-0.2, -0.15) is 0 Å². The summed E-state index contributed by atoms with van der Waals surface area (Å²) in [6, 6.07) is 12.2. The van der Waals surface area contributed by atoms with Crippen molar-refractivity contribution in [3.8, 4) is 17.2 Å². The van der Waals surface area contributed by atoms with Crippen molar-refractivity contribution in [3.63, 3.8) is 0 Å². The first-order valence-corrected chi connectivity index (χ1v) is 8.15. The first kappa shape index (κ1) is 17.6. The fourth-order valence-electron chi connectivity index (χ4n) is 2.53. The van der Waals surface area contributed by atoms with E-state index in [1.165, 1.54) is 7.11 Å². The van der Waals surface area contributed by atoms with Gasteiger partial charge in [0.1, 0.15) is 5.75 Å². The molecule has 0 radical (unpaired) electrons. The first-order valence-electron chi connectivity index (χ1n) is 8.15. The van der Waals surface area contributed by atoms with Crippen molar-refractivity contribution < 1.29 is 28.5 Å². The summed E-state index contributed by atoms with van der Waals surface area (Å²) in [5, 5.41) is 2.81. The van der Waals surface area contributed by atoms with Crippen LogP contribution in [0.3, 0.4) is 0 Å². The van der Waals surface area contributed by atoms with Crippen molar-refractivity contribution in [1.82, 2.24) is 5.32 Å². The van der Waals surface area contributed by atoms with E-state index >= 15 is 0 Å². The second kappa shape index (κ2) is 7.77. The zero-order valence-electron chi connectivity index (χ0n) is 14.5. The van der Waals surface area contributed by atoms with Crippen LogP contribution in [0.2, 0.25) is 0 Å². The van der Waals surface area contributed by atoms with E-state index in [2.05, 4.69) is 10.1 Å². The van der Waals surface area contributed by atoms with Crippen LogP contribution in [-0.4, -0.2) is 32.2 Å². The molecule has 0 bridgehead atoms. The number of rotatable bonds is 6. The van der Waals surface area contributed by atoms with Crippen LogP contribution >= 0.6 is 0 Å². The Bertz CT molecular complexity index is 819. The van der Waals surface area contributed by atoms with E-state index in [1.54, 1.807) is 36.4 Å². The minimum Gasteiger partial charge on any atom is -0.490 e. The van der Waals surface area contributed by atoms with E-state index in [4.69, 9.17) is 14.2 Å². The third-order valence-corrected chi connectivity index (χ3v) is 3.78. The standard InChI is InChI=1S/C19H19NO6/c1-3-24-16-10-12(8-9-15(16)25-11-17(21)23-2)19-20-18(22)13-6-4-5-7-14(13)26-19/h4-10,19H,3,11H2,1-2H3,(H,20,22)/t19-/m0/s1. The molecule has 0 saturated carbocycles. The number of benzene rings is 2. The highest BCUT2D eigenvalue weighted by atomic mass is 16.6. The van der Waals surface area contributed by atoms with Gasteiger partial charge in [0.2, 0.25) is 0 Å². The molecule has 1 aliphatic heterocycles. The lowest BCUT2D eigenvalue weighted by molar-refractivity contribution is -0.142. The minimum absolute atomic E-state index is 0.208. The number of hydrogen-bond donors (Lipinski definition) is 1. The molecule has 1 N–H and O–H groups in total. The van der Waals surface area contributed by atoms with Gasteiger partial charge in [-0.25, -0.2) is 4.79 Å². The zero-order valence-corrected chi connectivity index (χ0v) is 14.5. The van der Waals surface area contributed by atoms with Gasteiger partial charge in [-0.1, -0.05) is 12.1 Å². The predicted molar refractivity (Wildman–Crippen MR) is 92.4 cm³/mol. The molecular weight excluding hydrogens is 338 g/mol. The fourth-order valence-corrected chi connectivity index (χ4v) is 2.53. The van der Waals surface area contributed by atoms with Gasteiger partial charge in [0.25, 0.3) is 5.91 Å². The van der Waals surface area contributed by atoms with Gasteiger partial charge < -0.3 is 24.3 Å². The van der Waals surface area contributed by atoms with Crippen molar-refractivity contribution in [2.75, 3.05) is 20.3 Å². The third-order valence-electron chi connectivity index (χ3n) is 3.78. The molecule has 1 heterocycles. The van der Waals surface area contributed by atoms with E-state index in [9.17, 15) is 9.59 Å². The molecule has 0 aromatic heterocycles. The van der Waals surface area contributed by atoms with Crippen molar-refractivity contribution in [2.24, 2.45) is 0 Å². The maximum atomic E-state index is 12.3. The Labute approximate surface area is 150 Å². The largest absolute Gasteiger partial charge is 0.490 e. The molecule has 1 atom stereocenters.